The van der Waals surface area contributed by atoms with Crippen molar-refractivity contribution in [3.8, 4) is 23.3 Å². The van der Waals surface area contributed by atoms with Crippen molar-refractivity contribution in [1.82, 2.24) is 15.4 Å². The molecule has 12 nitrogen and oxygen atoms in total. The zero-order chi connectivity index (χ0) is 27.7. The van der Waals surface area contributed by atoms with Gasteiger partial charge in [0.15, 0.2) is 5.82 Å². The summed E-state index contributed by atoms with van der Waals surface area (Å²) in [5.41, 5.74) is 13.5. The number of benzene rings is 1. The number of carbonyl (C=O) groups is 2. The minimum Gasteiger partial charge on any atom is -0.475 e. The monoisotopic (exact) mass is 514 g/mol. The molecule has 1 aromatic heterocycles. The molecule has 0 fully saturated rings. The number of alkyl halides is 3. The molecule has 0 aliphatic carbocycles. The van der Waals surface area contributed by atoms with Crippen molar-refractivity contribution in [1.29, 1.82) is 5.26 Å². The number of amides is 1. The van der Waals surface area contributed by atoms with E-state index >= 15 is 0 Å². The largest absolute Gasteiger partial charge is 0.490 e. The Bertz CT molecular complexity index is 1110. The maximum Gasteiger partial charge on any atom is 0.490 e. The number of carboxylic acid groups (broad SMARTS) is 1. The van der Waals surface area contributed by atoms with E-state index < -0.39 is 29.8 Å². The molecular formula is C21H25F3N6O6. The third kappa shape index (κ3) is 9.70. The average molecular weight is 514 g/mol. The molecule has 36 heavy (non-hydrogen) atoms. The highest BCUT2D eigenvalue weighted by Crippen LogP contribution is 2.27. The third-order valence-corrected chi connectivity index (χ3v) is 3.86. The molecule has 0 saturated carbocycles. The van der Waals surface area contributed by atoms with E-state index in [9.17, 15) is 23.1 Å². The standard InChI is InChI=1S/C19H24N6O4.C2HF3O2/c1-11(8-20)29-18-14(17(26)25-28-10-19(2,3)27)15(22)23-16(24-18)13-6-4-5-12(7-13)9-21;3-2(4,5)1(6)7/h4-7,11,27H,8,10,20H2,1-3H3,(H,25,26)(H2,22,23,24);(H,6,7). The lowest BCUT2D eigenvalue weighted by Crippen LogP contribution is -2.34. The highest BCUT2D eigenvalue weighted by molar-refractivity contribution is 6.00. The lowest BCUT2D eigenvalue weighted by Gasteiger charge is -2.19. The summed E-state index contributed by atoms with van der Waals surface area (Å²) in [5, 5.41) is 25.9. The second kappa shape index (κ2) is 12.6. The van der Waals surface area contributed by atoms with Gasteiger partial charge in [-0.1, -0.05) is 12.1 Å². The number of nitrogen functional groups attached to an aromatic ring is 1. The number of halogens is 3. The van der Waals surface area contributed by atoms with Crippen molar-refractivity contribution < 1.29 is 42.5 Å². The van der Waals surface area contributed by atoms with Crippen LogP contribution in [0.2, 0.25) is 0 Å². The van der Waals surface area contributed by atoms with Crippen molar-refractivity contribution >= 4 is 17.7 Å². The predicted octanol–water partition coefficient (Wildman–Crippen LogP) is 1.39. The molecule has 0 spiro atoms. The summed E-state index contributed by atoms with van der Waals surface area (Å²) in [7, 11) is 0. The van der Waals surface area contributed by atoms with Crippen LogP contribution in [-0.2, 0) is 9.63 Å². The van der Waals surface area contributed by atoms with Crippen LogP contribution in [0.15, 0.2) is 24.3 Å². The minimum atomic E-state index is -5.08. The summed E-state index contributed by atoms with van der Waals surface area (Å²) in [6.07, 6.45) is -5.54. The summed E-state index contributed by atoms with van der Waals surface area (Å²) in [6.45, 7) is 4.80. The molecule has 1 atom stereocenters. The molecule has 1 heterocycles. The Morgan fingerprint density at radius 3 is 2.39 bits per heavy atom. The molecule has 0 bridgehead atoms. The van der Waals surface area contributed by atoms with Gasteiger partial charge in [-0.25, -0.2) is 15.3 Å². The molecule has 15 heteroatoms. The lowest BCUT2D eigenvalue weighted by atomic mass is 10.1. The summed E-state index contributed by atoms with van der Waals surface area (Å²) >= 11 is 0. The zero-order valence-corrected chi connectivity index (χ0v) is 19.5. The number of aromatic nitrogens is 2. The smallest absolute Gasteiger partial charge is 0.475 e. The summed E-state index contributed by atoms with van der Waals surface area (Å²) in [4.78, 5) is 34.9. The molecule has 0 saturated heterocycles. The minimum absolute atomic E-state index is 0.0721. The molecule has 196 valence electrons. The van der Waals surface area contributed by atoms with Crippen LogP contribution in [0.5, 0.6) is 5.88 Å². The van der Waals surface area contributed by atoms with Gasteiger partial charge in [0.25, 0.3) is 5.91 Å². The maximum atomic E-state index is 12.6. The first-order chi connectivity index (χ1) is 16.6. The van der Waals surface area contributed by atoms with Gasteiger partial charge in [0.2, 0.25) is 5.88 Å². The van der Waals surface area contributed by atoms with E-state index in [4.69, 9.17) is 36.2 Å². The number of hydrogen-bond donors (Lipinski definition) is 5. The van der Waals surface area contributed by atoms with Crippen LogP contribution >= 0.6 is 0 Å². The zero-order valence-electron chi connectivity index (χ0n) is 19.5. The number of anilines is 1. The van der Waals surface area contributed by atoms with Crippen LogP contribution in [0.4, 0.5) is 19.0 Å². The fourth-order valence-corrected chi connectivity index (χ4v) is 2.18. The Balaban J connectivity index is 0.000000809. The summed E-state index contributed by atoms with van der Waals surface area (Å²) < 4.78 is 37.4. The number of hydrogen-bond acceptors (Lipinski definition) is 10. The van der Waals surface area contributed by atoms with Gasteiger partial charge in [-0.3, -0.25) is 9.63 Å². The van der Waals surface area contributed by atoms with Crippen LogP contribution in [0.25, 0.3) is 11.4 Å². The van der Waals surface area contributed by atoms with E-state index in [0.29, 0.717) is 11.1 Å². The van der Waals surface area contributed by atoms with Gasteiger partial charge >= 0.3 is 12.1 Å². The number of nitrogens with two attached hydrogens (primary N) is 2. The van der Waals surface area contributed by atoms with Crippen LogP contribution in [0.3, 0.4) is 0 Å². The van der Waals surface area contributed by atoms with E-state index in [1.807, 2.05) is 6.07 Å². The second-order valence-electron chi connectivity index (χ2n) is 7.80. The number of nitrogens with zero attached hydrogens (tertiary/aromatic N) is 3. The topological polar surface area (TPSA) is 207 Å². The molecule has 0 aliphatic rings. The number of rotatable bonds is 8. The van der Waals surface area contributed by atoms with Crippen molar-refractivity contribution in [2.24, 2.45) is 5.73 Å². The van der Waals surface area contributed by atoms with Gasteiger partial charge < -0.3 is 26.4 Å². The molecule has 1 amide bonds. The predicted molar refractivity (Wildman–Crippen MR) is 119 cm³/mol. The normalized spacial score (nSPS) is 12.0. The molecule has 0 aliphatic heterocycles. The first kappa shape index (κ1) is 30.0. The average Bonchev–Trinajstić information content (AvgIpc) is 2.77. The van der Waals surface area contributed by atoms with E-state index in [1.165, 1.54) is 13.8 Å². The van der Waals surface area contributed by atoms with Gasteiger partial charge in [0, 0.05) is 12.1 Å². The number of carbonyl (C=O) groups excluding carboxylic acids is 1. The van der Waals surface area contributed by atoms with Crippen LogP contribution in [0.1, 0.15) is 36.7 Å². The van der Waals surface area contributed by atoms with E-state index in [1.54, 1.807) is 31.2 Å². The van der Waals surface area contributed by atoms with Crippen molar-refractivity contribution in [2.45, 2.75) is 38.7 Å². The van der Waals surface area contributed by atoms with Gasteiger partial charge in [-0.2, -0.15) is 23.4 Å². The first-order valence-electron chi connectivity index (χ1n) is 10.1. The number of aliphatic hydroxyl groups is 1. The Morgan fingerprint density at radius 2 is 1.89 bits per heavy atom. The molecule has 1 aromatic carbocycles. The third-order valence-electron chi connectivity index (χ3n) is 3.86. The highest BCUT2D eigenvalue weighted by atomic mass is 19.4. The van der Waals surface area contributed by atoms with E-state index in [0.717, 1.165) is 0 Å². The van der Waals surface area contributed by atoms with Crippen molar-refractivity contribution in [3.63, 3.8) is 0 Å². The number of ether oxygens (including phenoxy) is 1. The second-order valence-corrected chi connectivity index (χ2v) is 7.80. The molecule has 1 unspecified atom stereocenters. The van der Waals surface area contributed by atoms with Gasteiger partial charge in [-0.05, 0) is 32.9 Å². The van der Waals surface area contributed by atoms with Crippen molar-refractivity contribution in [3.05, 3.63) is 35.4 Å². The van der Waals surface area contributed by atoms with Gasteiger partial charge in [-0.15, -0.1) is 0 Å². The molecule has 2 aromatic rings. The number of carboxylic acids is 1. The van der Waals surface area contributed by atoms with Crippen LogP contribution < -0.4 is 21.7 Å². The van der Waals surface area contributed by atoms with Crippen LogP contribution in [-0.4, -0.2) is 63.1 Å². The maximum absolute atomic E-state index is 12.6. The molecule has 0 radical (unpaired) electrons. The lowest BCUT2D eigenvalue weighted by molar-refractivity contribution is -0.192. The summed E-state index contributed by atoms with van der Waals surface area (Å²) in [6, 6.07) is 8.66. The fraction of sp³-hybridized carbons (Fsp3) is 0.381. The quantitative estimate of drug-likeness (QED) is 0.318. The highest BCUT2D eigenvalue weighted by Gasteiger charge is 2.38. The Kier molecular flexibility index (Phi) is 10.5. The Hall–Kier alpha value is -4.00. The molecule has 2 rings (SSSR count). The van der Waals surface area contributed by atoms with Gasteiger partial charge in [0.05, 0.1) is 17.2 Å². The van der Waals surface area contributed by atoms with E-state index in [2.05, 4.69) is 15.4 Å². The van der Waals surface area contributed by atoms with Crippen molar-refractivity contribution in [2.75, 3.05) is 18.9 Å². The molecular weight excluding hydrogens is 489 g/mol. The number of hydroxylamine groups is 1. The van der Waals surface area contributed by atoms with Gasteiger partial charge in [0.1, 0.15) is 24.1 Å². The van der Waals surface area contributed by atoms with Crippen LogP contribution in [0, 0.1) is 11.3 Å². The number of nitriles is 1. The SMILES string of the molecule is CC(CN)Oc1nc(-c2cccc(C#N)c2)nc(N)c1C(=O)NOCC(C)(C)O.O=C(O)C(F)(F)F. The summed E-state index contributed by atoms with van der Waals surface area (Å²) in [5.74, 6) is -3.51. The first-order valence-corrected chi connectivity index (χ1v) is 10.1. The Morgan fingerprint density at radius 1 is 1.28 bits per heavy atom. The fourth-order valence-electron chi connectivity index (χ4n) is 2.18. The number of aliphatic carboxylic acids is 1. The molecule has 7 N–H and O–H groups in total. The van der Waals surface area contributed by atoms with E-state index in [-0.39, 0.29) is 36.2 Å². The number of nitrogens with one attached hydrogen (secondary N) is 1. The Labute approximate surface area is 203 Å².